The number of rotatable bonds is 0. The molecule has 0 radical (unpaired) electrons. The molecule has 1 spiro atoms. The van der Waals surface area contributed by atoms with Gasteiger partial charge in [0.2, 0.25) is 0 Å². The van der Waals surface area contributed by atoms with E-state index in [9.17, 15) is 0 Å². The lowest BCUT2D eigenvalue weighted by atomic mass is 9.53. The number of hydrogen-bond acceptors (Lipinski definition) is 2. The van der Waals surface area contributed by atoms with Crippen LogP contribution >= 0.6 is 0 Å². The van der Waals surface area contributed by atoms with E-state index in [0.29, 0.717) is 23.5 Å². The van der Waals surface area contributed by atoms with Crippen LogP contribution in [0.15, 0.2) is 0 Å². The Labute approximate surface area is 79.8 Å². The Hall–Kier alpha value is -0.0800. The van der Waals surface area contributed by atoms with Crippen molar-refractivity contribution in [3.63, 3.8) is 0 Å². The molecule has 0 aromatic carbocycles. The number of fused-ring (bicyclic) bond motifs is 2. The van der Waals surface area contributed by atoms with Gasteiger partial charge < -0.3 is 10.5 Å². The minimum atomic E-state index is 0.422. The van der Waals surface area contributed by atoms with Gasteiger partial charge in [0.05, 0.1) is 6.10 Å². The van der Waals surface area contributed by atoms with E-state index in [0.717, 1.165) is 6.61 Å². The first-order valence-electron chi connectivity index (χ1n) is 5.72. The van der Waals surface area contributed by atoms with Gasteiger partial charge in [0.15, 0.2) is 0 Å². The summed E-state index contributed by atoms with van der Waals surface area (Å²) in [6.45, 7) is 0.982. The molecule has 2 saturated carbocycles. The first-order valence-corrected chi connectivity index (χ1v) is 5.72. The second-order valence-corrected chi connectivity index (χ2v) is 5.06. The maximum absolute atomic E-state index is 6.29. The summed E-state index contributed by atoms with van der Waals surface area (Å²) < 4.78 is 5.91. The van der Waals surface area contributed by atoms with E-state index < -0.39 is 0 Å². The highest BCUT2D eigenvalue weighted by molar-refractivity contribution is 5.14. The molecule has 0 aromatic heterocycles. The molecule has 3 aliphatic rings. The zero-order valence-electron chi connectivity index (χ0n) is 8.17. The van der Waals surface area contributed by atoms with Crippen LogP contribution in [0.25, 0.3) is 0 Å². The summed E-state index contributed by atoms with van der Waals surface area (Å²) in [7, 11) is 0. The van der Waals surface area contributed by atoms with Gasteiger partial charge in [0.1, 0.15) is 0 Å². The van der Waals surface area contributed by atoms with Gasteiger partial charge in [-0.1, -0.05) is 12.8 Å². The van der Waals surface area contributed by atoms with Crippen molar-refractivity contribution in [3.05, 3.63) is 0 Å². The summed E-state index contributed by atoms with van der Waals surface area (Å²) in [6.07, 6.45) is 8.49. The lowest BCUT2D eigenvalue weighted by Crippen LogP contribution is -2.69. The predicted molar refractivity (Wildman–Crippen MR) is 51.3 cm³/mol. The molecule has 0 amide bonds. The van der Waals surface area contributed by atoms with E-state index in [2.05, 4.69) is 0 Å². The highest BCUT2D eigenvalue weighted by Crippen LogP contribution is 2.58. The van der Waals surface area contributed by atoms with Crippen molar-refractivity contribution in [2.24, 2.45) is 17.1 Å². The Kier molecular flexibility index (Phi) is 1.72. The lowest BCUT2D eigenvalue weighted by Gasteiger charge is -2.60. The van der Waals surface area contributed by atoms with Gasteiger partial charge in [-0.2, -0.15) is 0 Å². The first kappa shape index (κ1) is 8.25. The van der Waals surface area contributed by atoms with Crippen molar-refractivity contribution in [3.8, 4) is 0 Å². The fourth-order valence-electron chi connectivity index (χ4n) is 3.91. The van der Waals surface area contributed by atoms with Crippen LogP contribution in [0.4, 0.5) is 0 Å². The second kappa shape index (κ2) is 2.71. The Balaban J connectivity index is 1.82. The van der Waals surface area contributed by atoms with Crippen LogP contribution < -0.4 is 5.73 Å². The van der Waals surface area contributed by atoms with Crippen molar-refractivity contribution in [1.29, 1.82) is 0 Å². The van der Waals surface area contributed by atoms with Crippen LogP contribution in [0, 0.1) is 11.3 Å². The zero-order chi connectivity index (χ0) is 8.89. The molecular weight excluding hydrogens is 162 g/mol. The summed E-state index contributed by atoms with van der Waals surface area (Å²) in [4.78, 5) is 0. The van der Waals surface area contributed by atoms with Crippen molar-refractivity contribution >= 4 is 0 Å². The van der Waals surface area contributed by atoms with Crippen molar-refractivity contribution in [2.45, 2.75) is 50.7 Å². The van der Waals surface area contributed by atoms with E-state index in [1.165, 1.54) is 38.5 Å². The molecular formula is C11H19NO. The maximum atomic E-state index is 6.29. The highest BCUT2D eigenvalue weighted by Gasteiger charge is 2.61. The van der Waals surface area contributed by atoms with E-state index in [4.69, 9.17) is 10.5 Å². The molecule has 2 aliphatic carbocycles. The first-order chi connectivity index (χ1) is 6.34. The number of hydrogen-bond donors (Lipinski definition) is 1. The summed E-state index contributed by atoms with van der Waals surface area (Å²) in [5, 5.41) is 0. The average molecular weight is 181 g/mol. The number of ether oxygens (including phenoxy) is 1. The van der Waals surface area contributed by atoms with Crippen LogP contribution in [-0.4, -0.2) is 18.8 Å². The fourth-order valence-corrected chi connectivity index (χ4v) is 3.91. The second-order valence-electron chi connectivity index (χ2n) is 5.06. The molecule has 2 nitrogen and oxygen atoms in total. The van der Waals surface area contributed by atoms with E-state index >= 15 is 0 Å². The summed E-state index contributed by atoms with van der Waals surface area (Å²) >= 11 is 0. The molecule has 0 unspecified atom stereocenters. The van der Waals surface area contributed by atoms with Crippen molar-refractivity contribution in [2.75, 3.05) is 6.61 Å². The quantitative estimate of drug-likeness (QED) is 0.617. The van der Waals surface area contributed by atoms with Crippen LogP contribution in [-0.2, 0) is 4.74 Å². The van der Waals surface area contributed by atoms with Gasteiger partial charge in [-0.25, -0.2) is 0 Å². The Morgan fingerprint density at radius 2 is 1.92 bits per heavy atom. The van der Waals surface area contributed by atoms with Crippen molar-refractivity contribution in [1.82, 2.24) is 0 Å². The third kappa shape index (κ3) is 0.909. The SMILES string of the molecule is N[C@@H]1[C@H]2CCCO[C@H]2C12CCCC2. The topological polar surface area (TPSA) is 35.2 Å². The summed E-state index contributed by atoms with van der Waals surface area (Å²) in [6, 6.07) is 0.459. The molecule has 2 heteroatoms. The van der Waals surface area contributed by atoms with Crippen LogP contribution in [0.2, 0.25) is 0 Å². The predicted octanol–water partition coefficient (Wildman–Crippen LogP) is 1.68. The molecule has 1 saturated heterocycles. The molecule has 3 atom stereocenters. The Morgan fingerprint density at radius 3 is 2.69 bits per heavy atom. The van der Waals surface area contributed by atoms with Gasteiger partial charge in [-0.15, -0.1) is 0 Å². The summed E-state index contributed by atoms with van der Waals surface area (Å²) in [5.41, 5.74) is 6.72. The monoisotopic (exact) mass is 181 g/mol. The van der Waals surface area contributed by atoms with Gasteiger partial charge in [-0.05, 0) is 25.7 Å². The van der Waals surface area contributed by atoms with E-state index in [1.54, 1.807) is 0 Å². The molecule has 0 bridgehead atoms. The average Bonchev–Trinajstić information content (AvgIpc) is 2.68. The normalized spacial score (nSPS) is 47.3. The fraction of sp³-hybridized carbons (Fsp3) is 1.00. The molecule has 13 heavy (non-hydrogen) atoms. The smallest absolute Gasteiger partial charge is 0.0689 e. The number of nitrogens with two attached hydrogens (primary N) is 1. The molecule has 0 aromatic rings. The Bertz CT molecular complexity index is 210. The molecule has 3 fully saturated rings. The third-order valence-corrected chi connectivity index (χ3v) is 4.59. The maximum Gasteiger partial charge on any atom is 0.0689 e. The van der Waals surface area contributed by atoms with Gasteiger partial charge in [0.25, 0.3) is 0 Å². The van der Waals surface area contributed by atoms with Gasteiger partial charge in [-0.3, -0.25) is 0 Å². The summed E-state index contributed by atoms with van der Waals surface area (Å²) in [5.74, 6) is 0.701. The van der Waals surface area contributed by atoms with Crippen LogP contribution in [0.1, 0.15) is 38.5 Å². The standard InChI is InChI=1S/C11H19NO/c12-9-8-4-3-7-13-10(8)11(9)5-1-2-6-11/h8-10H,1-7,12H2/t8-,9-,10-/m1/s1. The molecule has 74 valence electrons. The van der Waals surface area contributed by atoms with E-state index in [1.807, 2.05) is 0 Å². The zero-order valence-corrected chi connectivity index (χ0v) is 8.17. The highest BCUT2D eigenvalue weighted by atomic mass is 16.5. The molecule has 3 rings (SSSR count). The van der Waals surface area contributed by atoms with Crippen LogP contribution in [0.3, 0.4) is 0 Å². The van der Waals surface area contributed by atoms with Gasteiger partial charge >= 0.3 is 0 Å². The Morgan fingerprint density at radius 1 is 1.15 bits per heavy atom. The van der Waals surface area contributed by atoms with E-state index in [-0.39, 0.29) is 0 Å². The van der Waals surface area contributed by atoms with Crippen molar-refractivity contribution < 1.29 is 4.74 Å². The van der Waals surface area contributed by atoms with Crippen LogP contribution in [0.5, 0.6) is 0 Å². The minimum absolute atomic E-state index is 0.422. The largest absolute Gasteiger partial charge is 0.377 e. The minimum Gasteiger partial charge on any atom is -0.377 e. The lowest BCUT2D eigenvalue weighted by molar-refractivity contribution is -0.196. The van der Waals surface area contributed by atoms with Gasteiger partial charge in [0, 0.05) is 24.0 Å². The third-order valence-electron chi connectivity index (χ3n) is 4.59. The molecule has 1 aliphatic heterocycles. The molecule has 2 N–H and O–H groups in total. The molecule has 1 heterocycles.